The van der Waals surface area contributed by atoms with Crippen molar-refractivity contribution in [3.63, 3.8) is 0 Å². The van der Waals surface area contributed by atoms with E-state index in [9.17, 15) is 0 Å². The van der Waals surface area contributed by atoms with Gasteiger partial charge in [0.1, 0.15) is 11.6 Å². The highest BCUT2D eigenvalue weighted by atomic mass is 79.9. The monoisotopic (exact) mass is 320 g/mol. The molecule has 0 aliphatic carbocycles. The molecule has 0 fully saturated rings. The van der Waals surface area contributed by atoms with Crippen molar-refractivity contribution >= 4 is 21.7 Å². The Morgan fingerprint density at radius 2 is 2.05 bits per heavy atom. The van der Waals surface area contributed by atoms with Crippen molar-refractivity contribution in [3.8, 4) is 5.75 Å². The third-order valence-electron chi connectivity index (χ3n) is 2.97. The van der Waals surface area contributed by atoms with E-state index in [2.05, 4.69) is 52.2 Å². The first-order valence-corrected chi connectivity index (χ1v) is 6.89. The zero-order chi connectivity index (χ0) is 13.8. The van der Waals surface area contributed by atoms with Crippen molar-refractivity contribution in [2.45, 2.75) is 20.4 Å². The molecule has 0 saturated carbocycles. The number of hydrogen-bond acceptors (Lipinski definition) is 3. The van der Waals surface area contributed by atoms with Crippen LogP contribution in [0.4, 0.5) is 5.82 Å². The Hall–Kier alpha value is -1.55. The Labute approximate surface area is 122 Å². The molecule has 3 nitrogen and oxygen atoms in total. The molecule has 0 unspecified atom stereocenters. The predicted octanol–water partition coefficient (Wildman–Crippen LogP) is 4.08. The highest BCUT2D eigenvalue weighted by molar-refractivity contribution is 9.10. The molecule has 100 valence electrons. The highest BCUT2D eigenvalue weighted by Gasteiger charge is 2.07. The number of halogens is 1. The fourth-order valence-corrected chi connectivity index (χ4v) is 2.26. The van der Waals surface area contributed by atoms with E-state index in [0.29, 0.717) is 6.54 Å². The molecule has 0 atom stereocenters. The van der Waals surface area contributed by atoms with Crippen LogP contribution in [0.3, 0.4) is 0 Å². The van der Waals surface area contributed by atoms with Crippen LogP contribution in [0, 0.1) is 13.8 Å². The van der Waals surface area contributed by atoms with Gasteiger partial charge in [-0.25, -0.2) is 4.98 Å². The molecule has 2 rings (SSSR count). The van der Waals surface area contributed by atoms with Gasteiger partial charge in [0.05, 0.1) is 7.11 Å². The number of rotatable bonds is 4. The van der Waals surface area contributed by atoms with Crippen molar-refractivity contribution in [2.75, 3.05) is 12.4 Å². The molecular weight excluding hydrogens is 304 g/mol. The smallest absolute Gasteiger partial charge is 0.126 e. The van der Waals surface area contributed by atoms with Crippen LogP contribution in [-0.2, 0) is 6.54 Å². The van der Waals surface area contributed by atoms with Gasteiger partial charge in [-0.1, -0.05) is 6.07 Å². The van der Waals surface area contributed by atoms with Crippen LogP contribution in [0.15, 0.2) is 34.9 Å². The number of methoxy groups -OCH3 is 1. The van der Waals surface area contributed by atoms with Crippen LogP contribution in [0.1, 0.15) is 16.7 Å². The van der Waals surface area contributed by atoms with E-state index in [4.69, 9.17) is 4.74 Å². The molecule has 4 heteroatoms. The molecular formula is C15H17BrN2O. The average Bonchev–Trinajstić information content (AvgIpc) is 2.39. The van der Waals surface area contributed by atoms with Gasteiger partial charge >= 0.3 is 0 Å². The van der Waals surface area contributed by atoms with Gasteiger partial charge in [0, 0.05) is 22.8 Å². The summed E-state index contributed by atoms with van der Waals surface area (Å²) < 4.78 is 6.42. The first kappa shape index (κ1) is 13.9. The number of benzene rings is 1. The standard InChI is InChI=1S/C15H17BrN2O/c1-10-6-11(2)13(14(7-10)19-3)9-18-15-5-4-12(16)8-17-15/h4-8H,9H2,1-3H3,(H,17,18). The van der Waals surface area contributed by atoms with Crippen molar-refractivity contribution in [1.82, 2.24) is 4.98 Å². The lowest BCUT2D eigenvalue weighted by molar-refractivity contribution is 0.409. The maximum Gasteiger partial charge on any atom is 0.126 e. The summed E-state index contributed by atoms with van der Waals surface area (Å²) in [6.45, 7) is 4.87. The minimum absolute atomic E-state index is 0.698. The second-order valence-corrected chi connectivity index (χ2v) is 5.39. The minimum atomic E-state index is 0.698. The van der Waals surface area contributed by atoms with Gasteiger partial charge in [0.25, 0.3) is 0 Å². The Kier molecular flexibility index (Phi) is 4.43. The summed E-state index contributed by atoms with van der Waals surface area (Å²) in [6.07, 6.45) is 1.78. The Bertz CT molecular complexity index is 567. The molecule has 2 aromatic rings. The summed E-state index contributed by atoms with van der Waals surface area (Å²) >= 11 is 3.37. The van der Waals surface area contributed by atoms with Gasteiger partial charge in [0.15, 0.2) is 0 Å². The molecule has 1 aromatic carbocycles. The molecule has 0 aliphatic rings. The number of pyridine rings is 1. The topological polar surface area (TPSA) is 34.1 Å². The second kappa shape index (κ2) is 6.06. The molecule has 1 N–H and O–H groups in total. The van der Waals surface area contributed by atoms with Gasteiger partial charge in [0.2, 0.25) is 0 Å². The van der Waals surface area contributed by atoms with E-state index in [1.165, 1.54) is 11.1 Å². The van der Waals surface area contributed by atoms with E-state index < -0.39 is 0 Å². The van der Waals surface area contributed by atoms with Gasteiger partial charge in [-0.2, -0.15) is 0 Å². The predicted molar refractivity (Wildman–Crippen MR) is 81.7 cm³/mol. The minimum Gasteiger partial charge on any atom is -0.496 e. The summed E-state index contributed by atoms with van der Waals surface area (Å²) in [6, 6.07) is 8.13. The van der Waals surface area contributed by atoms with Crippen molar-refractivity contribution in [1.29, 1.82) is 0 Å². The SMILES string of the molecule is COc1cc(C)cc(C)c1CNc1ccc(Br)cn1. The normalized spacial score (nSPS) is 10.3. The van der Waals surface area contributed by atoms with E-state index in [-0.39, 0.29) is 0 Å². The first-order chi connectivity index (χ1) is 9.10. The number of ether oxygens (including phenoxy) is 1. The quantitative estimate of drug-likeness (QED) is 0.921. The summed E-state index contributed by atoms with van der Waals surface area (Å²) in [4.78, 5) is 4.30. The second-order valence-electron chi connectivity index (χ2n) is 4.48. The number of hydrogen-bond donors (Lipinski definition) is 1. The third kappa shape index (κ3) is 3.47. The zero-order valence-electron chi connectivity index (χ0n) is 11.3. The highest BCUT2D eigenvalue weighted by Crippen LogP contribution is 2.25. The van der Waals surface area contributed by atoms with Crippen molar-refractivity contribution < 1.29 is 4.74 Å². The van der Waals surface area contributed by atoms with Crippen LogP contribution in [-0.4, -0.2) is 12.1 Å². The molecule has 0 bridgehead atoms. The number of anilines is 1. The molecule has 0 aliphatic heterocycles. The summed E-state index contributed by atoms with van der Waals surface area (Å²) in [5, 5.41) is 3.31. The fraction of sp³-hybridized carbons (Fsp3) is 0.267. The lowest BCUT2D eigenvalue weighted by Crippen LogP contribution is -2.05. The third-order valence-corrected chi connectivity index (χ3v) is 3.44. The van der Waals surface area contributed by atoms with Crippen molar-refractivity contribution in [3.05, 3.63) is 51.6 Å². The maximum absolute atomic E-state index is 5.45. The molecule has 19 heavy (non-hydrogen) atoms. The van der Waals surface area contributed by atoms with Gasteiger partial charge in [-0.3, -0.25) is 0 Å². The first-order valence-electron chi connectivity index (χ1n) is 6.09. The molecule has 0 saturated heterocycles. The Morgan fingerprint density at radius 1 is 1.26 bits per heavy atom. The summed E-state index contributed by atoms with van der Waals surface area (Å²) in [7, 11) is 1.70. The number of aromatic nitrogens is 1. The van der Waals surface area contributed by atoms with Gasteiger partial charge < -0.3 is 10.1 Å². The number of aryl methyl sites for hydroxylation is 2. The lowest BCUT2D eigenvalue weighted by Gasteiger charge is -2.14. The Balaban J connectivity index is 2.17. The van der Waals surface area contributed by atoms with Gasteiger partial charge in [-0.15, -0.1) is 0 Å². The molecule has 1 aromatic heterocycles. The van der Waals surface area contributed by atoms with Crippen molar-refractivity contribution in [2.24, 2.45) is 0 Å². The summed E-state index contributed by atoms with van der Waals surface area (Å²) in [5.41, 5.74) is 3.60. The number of nitrogens with one attached hydrogen (secondary N) is 1. The summed E-state index contributed by atoms with van der Waals surface area (Å²) in [5.74, 6) is 1.77. The van der Waals surface area contributed by atoms with Crippen LogP contribution in [0.25, 0.3) is 0 Å². The molecule has 0 radical (unpaired) electrons. The average molecular weight is 321 g/mol. The maximum atomic E-state index is 5.45. The van der Waals surface area contributed by atoms with E-state index in [1.54, 1.807) is 13.3 Å². The molecule has 0 spiro atoms. The number of nitrogens with zero attached hydrogens (tertiary/aromatic N) is 1. The lowest BCUT2D eigenvalue weighted by atomic mass is 10.0. The van der Waals surface area contributed by atoms with E-state index in [1.807, 2.05) is 12.1 Å². The Morgan fingerprint density at radius 3 is 2.68 bits per heavy atom. The largest absolute Gasteiger partial charge is 0.496 e. The van der Waals surface area contributed by atoms with E-state index in [0.717, 1.165) is 21.6 Å². The van der Waals surface area contributed by atoms with Crippen LogP contribution < -0.4 is 10.1 Å². The zero-order valence-corrected chi connectivity index (χ0v) is 12.9. The molecule has 1 heterocycles. The fourth-order valence-electron chi connectivity index (χ4n) is 2.03. The van der Waals surface area contributed by atoms with Gasteiger partial charge in [-0.05, 0) is 59.1 Å². The van der Waals surface area contributed by atoms with E-state index >= 15 is 0 Å². The van der Waals surface area contributed by atoms with Crippen LogP contribution in [0.2, 0.25) is 0 Å². The molecule has 0 amide bonds. The van der Waals surface area contributed by atoms with Crippen LogP contribution >= 0.6 is 15.9 Å². The van der Waals surface area contributed by atoms with Crippen LogP contribution in [0.5, 0.6) is 5.75 Å².